The van der Waals surface area contributed by atoms with Crippen molar-refractivity contribution in [3.05, 3.63) is 34.3 Å². The predicted octanol–water partition coefficient (Wildman–Crippen LogP) is 3.38. The van der Waals surface area contributed by atoms with Crippen molar-refractivity contribution in [2.75, 3.05) is 13.1 Å². The van der Waals surface area contributed by atoms with Crippen LogP contribution < -0.4 is 0 Å². The molecule has 17 heavy (non-hydrogen) atoms. The first-order valence-corrected chi connectivity index (χ1v) is 6.44. The first-order valence-electron chi connectivity index (χ1n) is 6.06. The van der Waals surface area contributed by atoms with Crippen LogP contribution in [0.4, 0.5) is 0 Å². The van der Waals surface area contributed by atoms with E-state index < -0.39 is 0 Å². The molecule has 0 aliphatic carbocycles. The van der Waals surface area contributed by atoms with Gasteiger partial charge in [-0.25, -0.2) is 0 Å². The van der Waals surface area contributed by atoms with E-state index in [4.69, 9.17) is 16.9 Å². The fraction of sp³-hybridized carbons (Fsp3) is 0.500. The van der Waals surface area contributed by atoms with Crippen LogP contribution in [0, 0.1) is 24.2 Å². The van der Waals surface area contributed by atoms with E-state index in [-0.39, 0.29) is 5.92 Å². The van der Waals surface area contributed by atoms with Gasteiger partial charge >= 0.3 is 0 Å². The number of rotatable bonds is 2. The number of piperidine rings is 1. The average Bonchev–Trinajstić information content (AvgIpc) is 2.34. The molecular weight excluding hydrogens is 232 g/mol. The van der Waals surface area contributed by atoms with E-state index in [2.05, 4.69) is 23.1 Å². The molecule has 2 nitrogen and oxygen atoms in total. The van der Waals surface area contributed by atoms with Gasteiger partial charge in [-0.15, -0.1) is 0 Å². The molecule has 1 heterocycles. The number of aryl methyl sites for hydroxylation is 1. The minimum atomic E-state index is 0.250. The van der Waals surface area contributed by atoms with Gasteiger partial charge in [0.15, 0.2) is 0 Å². The molecule has 2 rings (SSSR count). The molecule has 0 saturated carbocycles. The Kier molecular flexibility index (Phi) is 4.04. The summed E-state index contributed by atoms with van der Waals surface area (Å²) in [6, 6.07) is 8.57. The normalized spacial score (nSPS) is 17.9. The summed E-state index contributed by atoms with van der Waals surface area (Å²) in [5.74, 6) is 0.250. The van der Waals surface area contributed by atoms with Crippen LogP contribution in [-0.2, 0) is 6.54 Å². The summed E-state index contributed by atoms with van der Waals surface area (Å²) in [6.45, 7) is 4.95. The summed E-state index contributed by atoms with van der Waals surface area (Å²) in [5.41, 5.74) is 2.38. The topological polar surface area (TPSA) is 27.0 Å². The third kappa shape index (κ3) is 3.21. The van der Waals surface area contributed by atoms with Gasteiger partial charge in [-0.2, -0.15) is 5.26 Å². The maximum Gasteiger partial charge on any atom is 0.0656 e. The zero-order valence-corrected chi connectivity index (χ0v) is 10.9. The molecular formula is C14H17ClN2. The zero-order valence-electron chi connectivity index (χ0n) is 10.1. The van der Waals surface area contributed by atoms with Crippen LogP contribution in [-0.4, -0.2) is 18.0 Å². The molecule has 0 amide bonds. The molecule has 0 bridgehead atoms. The molecule has 0 atom stereocenters. The average molecular weight is 249 g/mol. The Morgan fingerprint density at radius 2 is 2.12 bits per heavy atom. The van der Waals surface area contributed by atoms with Gasteiger partial charge in [0.25, 0.3) is 0 Å². The summed E-state index contributed by atoms with van der Waals surface area (Å²) in [6.07, 6.45) is 1.97. The smallest absolute Gasteiger partial charge is 0.0656 e. The molecule has 1 aliphatic heterocycles. The Balaban J connectivity index is 1.96. The van der Waals surface area contributed by atoms with Crippen LogP contribution in [0.15, 0.2) is 18.2 Å². The van der Waals surface area contributed by atoms with Crippen LogP contribution in [0.2, 0.25) is 5.02 Å². The second-order valence-electron chi connectivity index (χ2n) is 4.77. The number of nitrogens with zero attached hydrogens (tertiary/aromatic N) is 2. The van der Waals surface area contributed by atoms with Gasteiger partial charge in [-0.1, -0.05) is 23.7 Å². The van der Waals surface area contributed by atoms with Gasteiger partial charge in [0, 0.05) is 17.5 Å². The number of benzene rings is 1. The Labute approximate surface area is 108 Å². The predicted molar refractivity (Wildman–Crippen MR) is 69.8 cm³/mol. The molecule has 1 saturated heterocycles. The number of halogens is 1. The minimum absolute atomic E-state index is 0.250. The second-order valence-corrected chi connectivity index (χ2v) is 5.18. The molecule has 0 aromatic heterocycles. The summed E-state index contributed by atoms with van der Waals surface area (Å²) >= 11 is 6.23. The molecule has 1 aromatic rings. The van der Waals surface area contributed by atoms with E-state index in [9.17, 15) is 0 Å². The Morgan fingerprint density at radius 3 is 2.71 bits per heavy atom. The largest absolute Gasteiger partial charge is 0.299 e. The molecule has 1 fully saturated rings. The van der Waals surface area contributed by atoms with E-state index in [1.54, 1.807) is 0 Å². The van der Waals surface area contributed by atoms with Crippen molar-refractivity contribution in [1.82, 2.24) is 4.90 Å². The molecule has 1 aliphatic rings. The van der Waals surface area contributed by atoms with Crippen LogP contribution in [0.5, 0.6) is 0 Å². The highest BCUT2D eigenvalue weighted by molar-refractivity contribution is 6.31. The second kappa shape index (κ2) is 5.53. The third-order valence-corrected chi connectivity index (χ3v) is 3.72. The lowest BCUT2D eigenvalue weighted by Gasteiger charge is -2.29. The lowest BCUT2D eigenvalue weighted by molar-refractivity contribution is 0.198. The lowest BCUT2D eigenvalue weighted by atomic mass is 9.98. The van der Waals surface area contributed by atoms with Crippen molar-refractivity contribution in [3.63, 3.8) is 0 Å². The molecule has 0 radical (unpaired) electrons. The number of hydrogen-bond donors (Lipinski definition) is 0. The van der Waals surface area contributed by atoms with Crippen molar-refractivity contribution in [3.8, 4) is 6.07 Å². The summed E-state index contributed by atoms with van der Waals surface area (Å²) < 4.78 is 0. The Hall–Kier alpha value is -1.04. The monoisotopic (exact) mass is 248 g/mol. The maximum absolute atomic E-state index is 8.85. The van der Waals surface area contributed by atoms with Crippen molar-refractivity contribution >= 4 is 11.6 Å². The Bertz CT molecular complexity index is 428. The van der Waals surface area contributed by atoms with Crippen molar-refractivity contribution < 1.29 is 0 Å². The maximum atomic E-state index is 8.85. The fourth-order valence-electron chi connectivity index (χ4n) is 2.24. The molecule has 90 valence electrons. The van der Waals surface area contributed by atoms with Gasteiger partial charge < -0.3 is 0 Å². The van der Waals surface area contributed by atoms with E-state index in [0.29, 0.717) is 0 Å². The van der Waals surface area contributed by atoms with E-state index in [1.807, 2.05) is 13.0 Å². The van der Waals surface area contributed by atoms with Gasteiger partial charge in [0.1, 0.15) is 0 Å². The van der Waals surface area contributed by atoms with Crippen LogP contribution in [0.1, 0.15) is 24.0 Å². The van der Waals surface area contributed by atoms with Crippen LogP contribution in [0.25, 0.3) is 0 Å². The van der Waals surface area contributed by atoms with Crippen molar-refractivity contribution in [1.29, 1.82) is 5.26 Å². The number of nitriles is 1. The molecule has 0 N–H and O–H groups in total. The zero-order chi connectivity index (χ0) is 12.3. The fourth-order valence-corrected chi connectivity index (χ4v) is 2.54. The highest BCUT2D eigenvalue weighted by Gasteiger charge is 2.19. The highest BCUT2D eigenvalue weighted by atomic mass is 35.5. The summed E-state index contributed by atoms with van der Waals surface area (Å²) in [5, 5.41) is 9.71. The molecule has 1 aromatic carbocycles. The summed E-state index contributed by atoms with van der Waals surface area (Å²) in [4.78, 5) is 2.38. The van der Waals surface area contributed by atoms with E-state index in [0.717, 1.165) is 37.5 Å². The van der Waals surface area contributed by atoms with E-state index >= 15 is 0 Å². The van der Waals surface area contributed by atoms with Gasteiger partial charge in [0.05, 0.1) is 6.07 Å². The minimum Gasteiger partial charge on any atom is -0.299 e. The Morgan fingerprint density at radius 1 is 1.41 bits per heavy atom. The van der Waals surface area contributed by atoms with Gasteiger partial charge in [-0.3, -0.25) is 4.90 Å². The van der Waals surface area contributed by atoms with Crippen LogP contribution in [0.3, 0.4) is 0 Å². The van der Waals surface area contributed by atoms with Gasteiger partial charge in [0.2, 0.25) is 0 Å². The summed E-state index contributed by atoms with van der Waals surface area (Å²) in [7, 11) is 0. The molecule has 3 heteroatoms. The highest BCUT2D eigenvalue weighted by Crippen LogP contribution is 2.22. The lowest BCUT2D eigenvalue weighted by Crippen LogP contribution is -2.32. The quantitative estimate of drug-likeness (QED) is 0.802. The third-order valence-electron chi connectivity index (χ3n) is 3.37. The molecule has 0 unspecified atom stereocenters. The first kappa shape index (κ1) is 12.4. The SMILES string of the molecule is Cc1ccc(CN2CCC(C#N)CC2)c(Cl)c1. The number of likely N-dealkylation sites (tertiary alicyclic amines) is 1. The van der Waals surface area contributed by atoms with E-state index in [1.165, 1.54) is 11.1 Å². The van der Waals surface area contributed by atoms with Crippen molar-refractivity contribution in [2.24, 2.45) is 5.92 Å². The molecule has 0 spiro atoms. The van der Waals surface area contributed by atoms with Crippen molar-refractivity contribution in [2.45, 2.75) is 26.3 Å². The number of hydrogen-bond acceptors (Lipinski definition) is 2. The van der Waals surface area contributed by atoms with Crippen LogP contribution >= 0.6 is 11.6 Å². The standard InChI is InChI=1S/C14H17ClN2/c1-11-2-3-13(14(15)8-11)10-17-6-4-12(9-16)5-7-17/h2-3,8,12H,4-7,10H2,1H3. The van der Waals surface area contributed by atoms with Gasteiger partial charge in [-0.05, 0) is 50.0 Å². The first-order chi connectivity index (χ1) is 8.19.